The Balaban J connectivity index is 1.84. The van der Waals surface area contributed by atoms with Crippen molar-refractivity contribution < 1.29 is 14.3 Å². The minimum Gasteiger partial charge on any atom is -0.493 e. The number of para-hydroxylation sites is 1. The van der Waals surface area contributed by atoms with Gasteiger partial charge in [0.25, 0.3) is 5.91 Å². The van der Waals surface area contributed by atoms with Gasteiger partial charge in [-0.3, -0.25) is 9.59 Å². The summed E-state index contributed by atoms with van der Waals surface area (Å²) in [6.07, 6.45) is 0.871. The van der Waals surface area contributed by atoms with Crippen molar-refractivity contribution in [3.8, 4) is 5.75 Å². The Labute approximate surface area is 162 Å². The molecule has 0 saturated heterocycles. The number of carbonyl (C=O) groups excluding carboxylic acids is 2. The number of amides is 2. The van der Waals surface area contributed by atoms with Crippen molar-refractivity contribution in [2.75, 3.05) is 18.5 Å². The molecule has 144 valence electrons. The van der Waals surface area contributed by atoms with E-state index in [4.69, 9.17) is 4.74 Å². The lowest BCUT2D eigenvalue weighted by Gasteiger charge is -2.13. The van der Waals surface area contributed by atoms with Crippen LogP contribution in [0.1, 0.15) is 41.9 Å². The Morgan fingerprint density at radius 1 is 1.26 bits per heavy atom. The molecule has 0 radical (unpaired) electrons. The van der Waals surface area contributed by atoms with Gasteiger partial charge in [0.2, 0.25) is 5.91 Å². The summed E-state index contributed by atoms with van der Waals surface area (Å²) in [6, 6.07) is 7.13. The van der Waals surface area contributed by atoms with Gasteiger partial charge >= 0.3 is 0 Å². The molecular weight excluding hydrogens is 364 g/mol. The Morgan fingerprint density at radius 2 is 2.07 bits per heavy atom. The number of anilines is 1. The van der Waals surface area contributed by atoms with Gasteiger partial charge in [-0.1, -0.05) is 19.1 Å². The number of benzene rings is 1. The lowest BCUT2D eigenvalue weighted by molar-refractivity contribution is -0.121. The molecule has 0 unspecified atom stereocenters. The van der Waals surface area contributed by atoms with Crippen LogP contribution in [0.5, 0.6) is 5.75 Å². The highest BCUT2D eigenvalue weighted by Crippen LogP contribution is 2.35. The first-order valence-corrected chi connectivity index (χ1v) is 10.3. The monoisotopic (exact) mass is 388 g/mol. The van der Waals surface area contributed by atoms with Crippen molar-refractivity contribution >= 4 is 29.4 Å². The quantitative estimate of drug-likeness (QED) is 0.726. The number of hydrogen-bond acceptors (Lipinski definition) is 5. The molecule has 7 nitrogen and oxygen atoms in total. The van der Waals surface area contributed by atoms with E-state index in [-0.39, 0.29) is 18.4 Å². The number of carbonyl (C=O) groups is 2. The number of nitrogens with one attached hydrogen (secondary N) is 2. The number of nitrogens with zero attached hydrogens (tertiary/aromatic N) is 2. The van der Waals surface area contributed by atoms with Gasteiger partial charge in [0.05, 0.1) is 17.9 Å². The van der Waals surface area contributed by atoms with E-state index in [1.54, 1.807) is 34.6 Å². The van der Waals surface area contributed by atoms with Crippen LogP contribution >= 0.6 is 11.8 Å². The van der Waals surface area contributed by atoms with Gasteiger partial charge in [0, 0.05) is 23.6 Å². The average molecular weight is 388 g/mol. The molecule has 0 aliphatic carbocycles. The van der Waals surface area contributed by atoms with Crippen LogP contribution in [-0.4, -0.2) is 34.7 Å². The minimum absolute atomic E-state index is 0.0837. The largest absolute Gasteiger partial charge is 0.493 e. The average Bonchev–Trinajstić information content (AvgIpc) is 3.23. The van der Waals surface area contributed by atoms with Gasteiger partial charge in [-0.2, -0.15) is 16.9 Å². The highest BCUT2D eigenvalue weighted by Gasteiger charge is 2.25. The van der Waals surface area contributed by atoms with Crippen LogP contribution in [0, 0.1) is 0 Å². The number of ether oxygens (including phenoxy) is 1. The molecule has 8 heteroatoms. The highest BCUT2D eigenvalue weighted by atomic mass is 32.2. The Morgan fingerprint density at radius 3 is 2.85 bits per heavy atom. The standard InChI is InChI=1S/C19H24N4O3S/c1-3-9-20-17(24)10-23-18(14-11-27-12-15(14)22-23)21-19(25)13-7-5-6-8-16(13)26-4-2/h5-8H,3-4,9-12H2,1-2H3,(H,20,24)(H,21,25). The molecule has 27 heavy (non-hydrogen) atoms. The molecule has 2 heterocycles. The smallest absolute Gasteiger partial charge is 0.260 e. The number of hydrogen-bond donors (Lipinski definition) is 2. The van der Waals surface area contributed by atoms with Gasteiger partial charge in [0.15, 0.2) is 0 Å². The van der Waals surface area contributed by atoms with E-state index in [0.717, 1.165) is 29.2 Å². The van der Waals surface area contributed by atoms with Crippen LogP contribution in [-0.2, 0) is 22.8 Å². The molecule has 0 fully saturated rings. The number of fused-ring (bicyclic) bond motifs is 1. The van der Waals surface area contributed by atoms with E-state index >= 15 is 0 Å². The first kappa shape index (κ1) is 19.3. The van der Waals surface area contributed by atoms with Gasteiger partial charge in [-0.25, -0.2) is 4.68 Å². The lowest BCUT2D eigenvalue weighted by Crippen LogP contribution is -2.29. The molecule has 2 N–H and O–H groups in total. The molecule has 1 aromatic carbocycles. The lowest BCUT2D eigenvalue weighted by atomic mass is 10.2. The summed E-state index contributed by atoms with van der Waals surface area (Å²) in [4.78, 5) is 25.0. The van der Waals surface area contributed by atoms with Gasteiger partial charge in [0.1, 0.15) is 18.1 Å². The summed E-state index contributed by atoms with van der Waals surface area (Å²) < 4.78 is 7.15. The predicted molar refractivity (Wildman–Crippen MR) is 106 cm³/mol. The zero-order valence-electron chi connectivity index (χ0n) is 15.6. The van der Waals surface area contributed by atoms with Crippen LogP contribution in [0.2, 0.25) is 0 Å². The van der Waals surface area contributed by atoms with E-state index in [1.165, 1.54) is 0 Å². The van der Waals surface area contributed by atoms with Gasteiger partial charge in [-0.05, 0) is 25.5 Å². The van der Waals surface area contributed by atoms with Crippen molar-refractivity contribution in [2.24, 2.45) is 0 Å². The molecule has 0 bridgehead atoms. The fourth-order valence-electron chi connectivity index (χ4n) is 2.89. The maximum Gasteiger partial charge on any atom is 0.260 e. The Kier molecular flexibility index (Phi) is 6.39. The van der Waals surface area contributed by atoms with Gasteiger partial charge in [-0.15, -0.1) is 0 Å². The second-order valence-electron chi connectivity index (χ2n) is 6.16. The van der Waals surface area contributed by atoms with Crippen molar-refractivity contribution in [1.82, 2.24) is 15.1 Å². The maximum absolute atomic E-state index is 12.9. The summed E-state index contributed by atoms with van der Waals surface area (Å²) in [7, 11) is 0. The predicted octanol–water partition coefficient (Wildman–Crippen LogP) is 2.81. The summed E-state index contributed by atoms with van der Waals surface area (Å²) >= 11 is 1.75. The van der Waals surface area contributed by atoms with Crippen LogP contribution in [0.15, 0.2) is 24.3 Å². The van der Waals surface area contributed by atoms with Gasteiger partial charge < -0.3 is 15.4 Å². The normalized spacial score (nSPS) is 12.5. The van der Waals surface area contributed by atoms with E-state index in [9.17, 15) is 9.59 Å². The van der Waals surface area contributed by atoms with E-state index in [1.807, 2.05) is 19.9 Å². The van der Waals surface area contributed by atoms with Crippen LogP contribution < -0.4 is 15.4 Å². The van der Waals surface area contributed by atoms with E-state index < -0.39 is 0 Å². The molecule has 2 amide bonds. The third kappa shape index (κ3) is 4.44. The molecule has 2 aromatic rings. The molecule has 0 saturated carbocycles. The third-order valence-corrected chi connectivity index (χ3v) is 5.12. The van der Waals surface area contributed by atoms with Crippen molar-refractivity contribution in [2.45, 2.75) is 38.3 Å². The molecule has 1 aliphatic rings. The Hall–Kier alpha value is -2.48. The van der Waals surface area contributed by atoms with E-state index in [2.05, 4.69) is 15.7 Å². The minimum atomic E-state index is -0.270. The summed E-state index contributed by atoms with van der Waals surface area (Å²) in [5.74, 6) is 2.31. The molecule has 1 aliphatic heterocycles. The second-order valence-corrected chi connectivity index (χ2v) is 7.14. The molecular formula is C19H24N4O3S. The zero-order chi connectivity index (χ0) is 19.2. The second kappa shape index (κ2) is 8.94. The summed E-state index contributed by atoms with van der Waals surface area (Å²) in [5.41, 5.74) is 2.38. The number of thioether (sulfide) groups is 1. The molecule has 0 atom stereocenters. The Bertz CT molecular complexity index is 834. The number of aromatic nitrogens is 2. The van der Waals surface area contributed by atoms with Crippen LogP contribution in [0.25, 0.3) is 0 Å². The zero-order valence-corrected chi connectivity index (χ0v) is 16.4. The van der Waals surface area contributed by atoms with Crippen LogP contribution in [0.3, 0.4) is 0 Å². The molecule has 3 rings (SSSR count). The highest BCUT2D eigenvalue weighted by molar-refractivity contribution is 7.98. The summed E-state index contributed by atoms with van der Waals surface area (Å²) in [6.45, 7) is 5.07. The topological polar surface area (TPSA) is 85.3 Å². The molecule has 0 spiro atoms. The SMILES string of the molecule is CCCNC(=O)Cn1nc2c(c1NC(=O)c1ccccc1OCC)CSC2. The molecule has 1 aromatic heterocycles. The fraction of sp³-hybridized carbons (Fsp3) is 0.421. The maximum atomic E-state index is 12.9. The fourth-order valence-corrected chi connectivity index (χ4v) is 3.92. The van der Waals surface area contributed by atoms with Crippen LogP contribution in [0.4, 0.5) is 5.82 Å². The van der Waals surface area contributed by atoms with Crippen molar-refractivity contribution in [3.05, 3.63) is 41.1 Å². The summed E-state index contributed by atoms with van der Waals surface area (Å²) in [5, 5.41) is 10.3. The van der Waals surface area contributed by atoms with Crippen molar-refractivity contribution in [3.63, 3.8) is 0 Å². The van der Waals surface area contributed by atoms with Crippen molar-refractivity contribution in [1.29, 1.82) is 0 Å². The third-order valence-electron chi connectivity index (χ3n) is 4.15. The first-order chi connectivity index (χ1) is 13.1. The number of rotatable bonds is 8. The first-order valence-electron chi connectivity index (χ1n) is 9.10. The van der Waals surface area contributed by atoms with E-state index in [0.29, 0.717) is 30.3 Å².